The van der Waals surface area contributed by atoms with Crippen molar-refractivity contribution >= 4 is 53.5 Å². The molecule has 3 unspecified atom stereocenters. The fourth-order valence-electron chi connectivity index (χ4n) is 12.1. The number of carbonyl (C=O) groups is 7. The van der Waals surface area contributed by atoms with Crippen molar-refractivity contribution in [2.24, 2.45) is 16.7 Å². The van der Waals surface area contributed by atoms with Crippen LogP contribution in [-0.2, 0) is 47.6 Å². The first-order chi connectivity index (χ1) is 34.3. The molecule has 3 aliphatic heterocycles. The smallest absolute Gasteiger partial charge is 0.408 e. The van der Waals surface area contributed by atoms with Crippen LogP contribution in [0.1, 0.15) is 116 Å². The van der Waals surface area contributed by atoms with E-state index in [1.54, 1.807) is 94.9 Å². The summed E-state index contributed by atoms with van der Waals surface area (Å²) in [6.07, 6.45) is -10.2. The Balaban J connectivity index is 1.18. The van der Waals surface area contributed by atoms with Crippen molar-refractivity contribution in [1.29, 1.82) is 0 Å². The lowest BCUT2D eigenvalue weighted by Gasteiger charge is -2.67. The second kappa shape index (κ2) is 20.3. The number of nitrogens with one attached hydrogen (secondary N) is 3. The van der Waals surface area contributed by atoms with Crippen LogP contribution in [0, 0.1) is 16.7 Å². The number of unbranched alkanes of at least 4 members (excludes halogenated alkanes) is 1. The molecule has 0 spiro atoms. The van der Waals surface area contributed by atoms with Crippen LogP contribution in [0.25, 0.3) is 0 Å². The molecule has 396 valence electrons. The van der Waals surface area contributed by atoms with Gasteiger partial charge in [-0.25, -0.2) is 19.2 Å². The second-order valence-electron chi connectivity index (χ2n) is 21.9. The van der Waals surface area contributed by atoms with E-state index < -0.39 is 118 Å². The number of aliphatic hydroxyl groups excluding tert-OH is 2. The third kappa shape index (κ3) is 9.97. The van der Waals surface area contributed by atoms with Gasteiger partial charge in [0.25, 0.3) is 0 Å². The zero-order chi connectivity index (χ0) is 53.0. The monoisotopic (exact) mass is 1030 g/mol. The molecule has 5 fully saturated rings. The van der Waals surface area contributed by atoms with Crippen molar-refractivity contribution in [2.45, 2.75) is 171 Å². The van der Waals surface area contributed by atoms with Gasteiger partial charge in [-0.1, -0.05) is 68.8 Å². The number of alkyl carbamates (subject to hydrolysis) is 1. The van der Waals surface area contributed by atoms with Gasteiger partial charge in [-0.2, -0.15) is 11.8 Å². The third-order valence-electron chi connectivity index (χ3n) is 15.9. The molecule has 3 saturated heterocycles. The van der Waals surface area contributed by atoms with Gasteiger partial charge in [-0.15, -0.1) is 0 Å². The van der Waals surface area contributed by atoms with Crippen LogP contribution in [-0.4, -0.2) is 140 Å². The predicted octanol–water partition coefficient (Wildman–Crippen LogP) is 4.54. The molecular formula is C53H67N3O16S. The lowest BCUT2D eigenvalue weighted by molar-refractivity contribution is -0.346. The minimum Gasteiger partial charge on any atom is -0.455 e. The summed E-state index contributed by atoms with van der Waals surface area (Å²) in [5.74, 6) is -5.47. The fraction of sp³-hybridized carbons (Fsp3) is 0.604. The number of ether oxygens (including phenoxy) is 6. The Hall–Kier alpha value is -5.54. The highest BCUT2D eigenvalue weighted by molar-refractivity contribution is 8.00. The van der Waals surface area contributed by atoms with Crippen LogP contribution in [0.15, 0.2) is 71.8 Å². The molecule has 0 aromatic heterocycles. The van der Waals surface area contributed by atoms with Crippen molar-refractivity contribution in [3.63, 3.8) is 0 Å². The number of rotatable bonds is 14. The Morgan fingerprint density at radius 1 is 0.945 bits per heavy atom. The van der Waals surface area contributed by atoms with Gasteiger partial charge in [-0.3, -0.25) is 14.4 Å². The highest BCUT2D eigenvalue weighted by Crippen LogP contribution is 2.64. The lowest BCUT2D eigenvalue weighted by Crippen LogP contribution is -2.81. The summed E-state index contributed by atoms with van der Waals surface area (Å²) in [6, 6.07) is 14.4. The van der Waals surface area contributed by atoms with Crippen LogP contribution in [0.5, 0.6) is 0 Å². The van der Waals surface area contributed by atoms with Gasteiger partial charge in [0.2, 0.25) is 6.10 Å². The van der Waals surface area contributed by atoms with E-state index in [1.165, 1.54) is 26.0 Å². The minimum atomic E-state index is -2.43. The lowest BCUT2D eigenvalue weighted by atomic mass is 9.44. The molecular weight excluding hydrogens is 967 g/mol. The number of urea groups is 1. The summed E-state index contributed by atoms with van der Waals surface area (Å²) >= 11 is 1.73. The SMILES string of the molecule is CC(=O)O[C@@]12CO[C@@H]1C[C@H](O)[C@@]1(C)C(=O)[C@H](O)C3=C(C)[C@@H](OC(=O)[C@H](OC(=O)CCCCC4SCC5NC(=O)NC54)[C@@H](NC(=O)OC(C)(C)C)c4ccccc4)C[C@@](O)([C@@H](OC(=O)c4ccccc4)[C@H]21)C3(C)C. The number of amides is 3. The molecule has 2 aromatic carbocycles. The van der Waals surface area contributed by atoms with Crippen LogP contribution >= 0.6 is 11.8 Å². The molecule has 19 nitrogen and oxygen atoms in total. The highest BCUT2D eigenvalue weighted by atomic mass is 32.2. The van der Waals surface area contributed by atoms with Crippen molar-refractivity contribution < 1.29 is 77.3 Å². The van der Waals surface area contributed by atoms with Gasteiger partial charge in [0.05, 0.1) is 41.7 Å². The number of fused-ring (bicyclic) bond motifs is 6. The predicted molar refractivity (Wildman–Crippen MR) is 261 cm³/mol. The zero-order valence-corrected chi connectivity index (χ0v) is 43.2. The first kappa shape index (κ1) is 53.7. The number of Topliss-reactive ketones (excluding diaryl/α,β-unsaturated/α-hetero) is 1. The maximum absolute atomic E-state index is 15.3. The summed E-state index contributed by atoms with van der Waals surface area (Å²) < 4.78 is 36.4. The Bertz CT molecular complexity index is 2520. The largest absolute Gasteiger partial charge is 0.455 e. The highest BCUT2D eigenvalue weighted by Gasteiger charge is 2.78. The van der Waals surface area contributed by atoms with E-state index in [0.717, 1.165) is 12.7 Å². The van der Waals surface area contributed by atoms with Gasteiger partial charge in [-0.05, 0) is 76.3 Å². The summed E-state index contributed by atoms with van der Waals surface area (Å²) in [6.45, 7) is 11.8. The maximum Gasteiger partial charge on any atom is 0.408 e. The van der Waals surface area contributed by atoms with E-state index in [2.05, 4.69) is 16.0 Å². The number of thioether (sulfide) groups is 1. The van der Waals surface area contributed by atoms with Gasteiger partial charge in [0, 0.05) is 42.6 Å². The first-order valence-electron chi connectivity index (χ1n) is 24.9. The number of benzene rings is 2. The molecule has 2 aromatic rings. The molecule has 20 heteroatoms. The normalized spacial score (nSPS) is 33.8. The van der Waals surface area contributed by atoms with Gasteiger partial charge in [0.15, 0.2) is 11.4 Å². The van der Waals surface area contributed by atoms with Crippen molar-refractivity contribution in [3.05, 3.63) is 82.9 Å². The van der Waals surface area contributed by atoms with Gasteiger partial charge < -0.3 is 59.7 Å². The molecule has 6 N–H and O–H groups in total. The van der Waals surface area contributed by atoms with E-state index in [1.807, 2.05) is 0 Å². The van der Waals surface area contributed by atoms with E-state index in [0.29, 0.717) is 24.8 Å². The average molecular weight is 1030 g/mol. The molecule has 2 saturated carbocycles. The Labute approximate surface area is 428 Å². The number of carbonyl (C=O) groups excluding carboxylic acids is 7. The number of aliphatic hydroxyl groups is 3. The van der Waals surface area contributed by atoms with E-state index in [-0.39, 0.29) is 59.5 Å². The molecule has 3 aliphatic carbocycles. The topological polar surface area (TPSA) is 272 Å². The summed E-state index contributed by atoms with van der Waals surface area (Å²) in [5, 5.41) is 47.0. The Kier molecular flexibility index (Phi) is 14.9. The number of ketones is 1. The molecule has 8 rings (SSSR count). The zero-order valence-electron chi connectivity index (χ0n) is 42.3. The molecule has 73 heavy (non-hydrogen) atoms. The van der Waals surface area contributed by atoms with Crippen LogP contribution in [0.3, 0.4) is 0 Å². The molecule has 3 heterocycles. The third-order valence-corrected chi connectivity index (χ3v) is 17.4. The minimum absolute atomic E-state index is 0.0247. The van der Waals surface area contributed by atoms with Gasteiger partial charge in [0.1, 0.15) is 41.7 Å². The summed E-state index contributed by atoms with van der Waals surface area (Å²) in [7, 11) is 0. The number of hydrogen-bond donors (Lipinski definition) is 6. The molecule has 2 bridgehead atoms. The van der Waals surface area contributed by atoms with Gasteiger partial charge >= 0.3 is 36.0 Å². The van der Waals surface area contributed by atoms with Crippen molar-refractivity contribution in [3.8, 4) is 0 Å². The molecule has 14 atom stereocenters. The second-order valence-corrected chi connectivity index (χ2v) is 23.2. The maximum atomic E-state index is 15.3. The van der Waals surface area contributed by atoms with Crippen LogP contribution in [0.4, 0.5) is 9.59 Å². The van der Waals surface area contributed by atoms with E-state index in [9.17, 15) is 39.3 Å². The quantitative estimate of drug-likeness (QED) is 0.0499. The first-order valence-corrected chi connectivity index (χ1v) is 25.9. The molecule has 0 radical (unpaired) electrons. The van der Waals surface area contributed by atoms with E-state index in [4.69, 9.17) is 28.4 Å². The van der Waals surface area contributed by atoms with Crippen molar-refractivity contribution in [1.82, 2.24) is 16.0 Å². The number of hydrogen-bond acceptors (Lipinski definition) is 17. The van der Waals surface area contributed by atoms with Crippen LogP contribution in [0.2, 0.25) is 0 Å². The standard InChI is InChI=1S/C53H67N3O16S/c1-27-32(68-46(63)41(38(29-17-11-9-12-18-29)56-48(65)72-49(3,4)5)69-36(59)22-16-15-21-33-39-31(25-73-33)54-47(64)55-39)24-53(66)44(70-45(62)30-19-13-10-14-20-30)42-51(8,43(61)40(60)37(27)50(53,6)7)34(58)23-35-52(42,26-67-35)71-28(2)57/h9-14,17-20,31-35,38-42,44,58,60,66H,15-16,21-26H2,1-8H3,(H,56,65)(H2,54,55,64)/t31?,32-,33?,34-,35+,38-,39?,40+,41+,42-,44-,51+,52-,53+/m0/s1. The Morgan fingerprint density at radius 2 is 1.62 bits per heavy atom. The molecule has 3 amide bonds. The number of esters is 4. The fourth-order valence-corrected chi connectivity index (χ4v) is 13.7. The van der Waals surface area contributed by atoms with Crippen molar-refractivity contribution in [2.75, 3.05) is 12.4 Å². The van der Waals surface area contributed by atoms with E-state index >= 15 is 9.59 Å². The van der Waals surface area contributed by atoms with Crippen LogP contribution < -0.4 is 16.0 Å². The molecule has 6 aliphatic rings. The summed E-state index contributed by atoms with van der Waals surface area (Å²) in [4.78, 5) is 97.5. The Morgan fingerprint density at radius 3 is 2.25 bits per heavy atom. The summed E-state index contributed by atoms with van der Waals surface area (Å²) in [5.41, 5.74) is -8.54. The average Bonchev–Trinajstić information content (AvgIpc) is 3.88.